The molecule has 0 N–H and O–H groups in total. The second kappa shape index (κ2) is 16.3. The second-order valence-corrected chi connectivity index (χ2v) is 11.9. The van der Waals surface area contributed by atoms with Gasteiger partial charge in [-0.05, 0) is 100 Å². The summed E-state index contributed by atoms with van der Waals surface area (Å²) in [5, 5.41) is 10.7. The number of anilines is 1. The molecule has 46 heavy (non-hydrogen) atoms. The van der Waals surface area contributed by atoms with Crippen molar-refractivity contribution in [3.05, 3.63) is 77.6 Å². The first-order chi connectivity index (χ1) is 22.3. The van der Waals surface area contributed by atoms with Gasteiger partial charge in [-0.2, -0.15) is 5.26 Å². The Morgan fingerprint density at radius 3 is 2.13 bits per heavy atom. The first-order valence-corrected chi connectivity index (χ1v) is 15.9. The van der Waals surface area contributed by atoms with Crippen molar-refractivity contribution in [2.45, 2.75) is 43.9 Å². The fraction of sp³-hybridized carbons (Fsp3) is 0.459. The lowest BCUT2D eigenvalue weighted by Crippen LogP contribution is -2.37. The first kappa shape index (κ1) is 34.6. The van der Waals surface area contributed by atoms with E-state index in [1.165, 1.54) is 6.07 Å². The molecule has 0 amide bonds. The van der Waals surface area contributed by atoms with Crippen molar-refractivity contribution in [2.75, 3.05) is 66.6 Å². The van der Waals surface area contributed by atoms with Crippen LogP contribution in [0.1, 0.15) is 54.4 Å². The van der Waals surface area contributed by atoms with Gasteiger partial charge in [-0.1, -0.05) is 18.2 Å². The molecular weight excluding hydrogens is 585 g/mol. The molecule has 1 fully saturated rings. The highest BCUT2D eigenvalue weighted by Gasteiger charge is 2.34. The predicted octanol–water partition coefficient (Wildman–Crippen LogP) is 6.91. The fourth-order valence-corrected chi connectivity index (χ4v) is 6.44. The molecule has 1 aliphatic heterocycles. The smallest absolute Gasteiger partial charge is 0.168 e. The molecule has 246 valence electrons. The molecule has 1 heterocycles. The number of ketones is 1. The number of ether oxygens (including phenoxy) is 4. The lowest BCUT2D eigenvalue weighted by atomic mass is 9.74. The summed E-state index contributed by atoms with van der Waals surface area (Å²) in [7, 11) is 8.49. The molecular formula is C37H46FN3O5. The molecule has 1 atom stereocenters. The van der Waals surface area contributed by atoms with Gasteiger partial charge < -0.3 is 28.7 Å². The van der Waals surface area contributed by atoms with Crippen LogP contribution in [0.3, 0.4) is 0 Å². The Morgan fingerprint density at radius 1 is 0.891 bits per heavy atom. The topological polar surface area (TPSA) is 84.3 Å². The number of piperidine rings is 1. The van der Waals surface area contributed by atoms with Crippen LogP contribution in [0, 0.1) is 23.1 Å². The largest absolute Gasteiger partial charge is 0.493 e. The first-order valence-electron chi connectivity index (χ1n) is 15.9. The highest BCUT2D eigenvalue weighted by Crippen LogP contribution is 2.39. The van der Waals surface area contributed by atoms with Crippen LogP contribution in [0.2, 0.25) is 0 Å². The molecule has 4 rings (SSSR count). The molecule has 3 aromatic carbocycles. The molecule has 0 radical (unpaired) electrons. The molecule has 9 heteroatoms. The molecule has 0 spiro atoms. The Balaban J connectivity index is 1.42. The standard InChI is InChI=1S/C37H46FN3O5/c1-40(29-13-15-33(44-3)35(25-29)46-5)20-8-18-37(26-39,28-12-14-32(43-2)34(24-28)45-4)19-9-21-41-22-16-27(17-23-41)36(42)30-10-6-7-11-31(30)38/h6-7,10-15,24-25,27H,8-9,16-23H2,1-5H3. The number of nitriles is 1. The van der Waals surface area contributed by atoms with Gasteiger partial charge in [0, 0.05) is 31.3 Å². The molecule has 1 saturated heterocycles. The van der Waals surface area contributed by atoms with E-state index in [0.29, 0.717) is 48.7 Å². The van der Waals surface area contributed by atoms with Crippen LogP contribution >= 0.6 is 0 Å². The van der Waals surface area contributed by atoms with Crippen LogP contribution in [-0.4, -0.2) is 72.3 Å². The third kappa shape index (κ3) is 8.10. The highest BCUT2D eigenvalue weighted by molar-refractivity contribution is 5.98. The molecule has 0 aromatic heterocycles. The van der Waals surface area contributed by atoms with E-state index in [4.69, 9.17) is 18.9 Å². The predicted molar refractivity (Wildman–Crippen MR) is 178 cm³/mol. The number of likely N-dealkylation sites (tertiary alicyclic amines) is 1. The van der Waals surface area contributed by atoms with Crippen LogP contribution in [-0.2, 0) is 5.41 Å². The van der Waals surface area contributed by atoms with E-state index < -0.39 is 11.2 Å². The maximum Gasteiger partial charge on any atom is 0.168 e. The summed E-state index contributed by atoms with van der Waals surface area (Å²) in [6.07, 6.45) is 4.35. The average Bonchev–Trinajstić information content (AvgIpc) is 3.10. The van der Waals surface area contributed by atoms with E-state index in [1.54, 1.807) is 46.6 Å². The number of hydrogen-bond donors (Lipinski definition) is 0. The van der Waals surface area contributed by atoms with Crippen LogP contribution < -0.4 is 23.8 Å². The van der Waals surface area contributed by atoms with E-state index in [1.807, 2.05) is 43.4 Å². The van der Waals surface area contributed by atoms with Gasteiger partial charge in [0.1, 0.15) is 5.82 Å². The minimum absolute atomic E-state index is 0.104. The number of nitrogens with zero attached hydrogens (tertiary/aromatic N) is 3. The normalized spacial score (nSPS) is 15.0. The molecule has 8 nitrogen and oxygen atoms in total. The van der Waals surface area contributed by atoms with Crippen LogP contribution in [0.25, 0.3) is 0 Å². The quantitative estimate of drug-likeness (QED) is 0.158. The van der Waals surface area contributed by atoms with Crippen LogP contribution in [0.4, 0.5) is 10.1 Å². The van der Waals surface area contributed by atoms with Crippen molar-refractivity contribution in [1.29, 1.82) is 5.26 Å². The number of hydrogen-bond acceptors (Lipinski definition) is 8. The van der Waals surface area contributed by atoms with E-state index >= 15 is 0 Å². The van der Waals surface area contributed by atoms with E-state index in [2.05, 4.69) is 15.9 Å². The summed E-state index contributed by atoms with van der Waals surface area (Å²) in [6.45, 7) is 3.12. The van der Waals surface area contributed by atoms with Crippen molar-refractivity contribution in [1.82, 2.24) is 4.90 Å². The minimum atomic E-state index is -0.725. The summed E-state index contributed by atoms with van der Waals surface area (Å²) in [5.41, 5.74) is 1.38. The van der Waals surface area contributed by atoms with Gasteiger partial charge in [0.05, 0.1) is 45.5 Å². The van der Waals surface area contributed by atoms with Gasteiger partial charge in [0.2, 0.25) is 0 Å². The van der Waals surface area contributed by atoms with Crippen molar-refractivity contribution in [3.63, 3.8) is 0 Å². The Morgan fingerprint density at radius 2 is 1.50 bits per heavy atom. The molecule has 1 aliphatic rings. The zero-order valence-electron chi connectivity index (χ0n) is 27.7. The average molecular weight is 632 g/mol. The maximum absolute atomic E-state index is 14.2. The number of carbonyl (C=O) groups excluding carboxylic acids is 1. The van der Waals surface area contributed by atoms with Crippen molar-refractivity contribution in [2.24, 2.45) is 5.92 Å². The third-order valence-electron chi connectivity index (χ3n) is 9.23. The van der Waals surface area contributed by atoms with Gasteiger partial charge in [0.15, 0.2) is 28.8 Å². The van der Waals surface area contributed by atoms with Crippen LogP contribution in [0.15, 0.2) is 60.7 Å². The third-order valence-corrected chi connectivity index (χ3v) is 9.23. The van der Waals surface area contributed by atoms with Gasteiger partial charge >= 0.3 is 0 Å². The number of carbonyl (C=O) groups is 1. The van der Waals surface area contributed by atoms with Gasteiger partial charge in [0.25, 0.3) is 0 Å². The Labute approximate surface area is 272 Å². The summed E-state index contributed by atoms with van der Waals surface area (Å²) >= 11 is 0. The lowest BCUT2D eigenvalue weighted by molar-refractivity contribution is 0.0833. The Kier molecular flexibility index (Phi) is 12.3. The molecule has 0 bridgehead atoms. The van der Waals surface area contributed by atoms with Crippen molar-refractivity contribution < 1.29 is 28.1 Å². The molecule has 1 unspecified atom stereocenters. The van der Waals surface area contributed by atoms with E-state index in [0.717, 1.165) is 50.3 Å². The molecule has 0 aliphatic carbocycles. The Bertz CT molecular complexity index is 1500. The zero-order chi connectivity index (χ0) is 33.1. The number of methoxy groups -OCH3 is 4. The summed E-state index contributed by atoms with van der Waals surface area (Å²) < 4.78 is 36.1. The molecule has 0 saturated carbocycles. The Hall–Kier alpha value is -4.29. The van der Waals surface area contributed by atoms with E-state index in [-0.39, 0.29) is 17.3 Å². The summed E-state index contributed by atoms with van der Waals surface area (Å²) in [4.78, 5) is 17.4. The van der Waals surface area contributed by atoms with Crippen LogP contribution in [0.5, 0.6) is 23.0 Å². The number of benzene rings is 3. The van der Waals surface area contributed by atoms with Crippen molar-refractivity contribution >= 4 is 11.5 Å². The second-order valence-electron chi connectivity index (χ2n) is 11.9. The lowest BCUT2D eigenvalue weighted by Gasteiger charge is -2.33. The van der Waals surface area contributed by atoms with Gasteiger partial charge in [-0.25, -0.2) is 4.39 Å². The van der Waals surface area contributed by atoms with Crippen molar-refractivity contribution in [3.8, 4) is 29.1 Å². The maximum atomic E-state index is 14.2. The fourth-order valence-electron chi connectivity index (χ4n) is 6.44. The zero-order valence-corrected chi connectivity index (χ0v) is 27.7. The summed E-state index contributed by atoms with van der Waals surface area (Å²) in [5.74, 6) is 1.85. The highest BCUT2D eigenvalue weighted by atomic mass is 19.1. The van der Waals surface area contributed by atoms with Gasteiger partial charge in [-0.15, -0.1) is 0 Å². The SMILES string of the molecule is COc1ccc(N(C)CCCC(C#N)(CCCN2CCC(C(=O)c3ccccc3F)CC2)c2ccc(OC)c(OC)c2)cc1OC. The number of halogens is 1. The monoisotopic (exact) mass is 631 g/mol. The number of rotatable bonds is 16. The summed E-state index contributed by atoms with van der Waals surface area (Å²) in [6, 6.07) is 20.6. The van der Waals surface area contributed by atoms with Gasteiger partial charge in [-0.3, -0.25) is 4.79 Å². The number of Topliss-reactive ketones (excluding diaryl/α,β-unsaturated/α-hetero) is 1. The minimum Gasteiger partial charge on any atom is -0.493 e. The van der Waals surface area contributed by atoms with E-state index in [9.17, 15) is 14.4 Å². The molecule has 3 aromatic rings.